The molecule has 0 aliphatic carbocycles. The second-order valence-corrected chi connectivity index (χ2v) is 4.55. The first-order valence-corrected chi connectivity index (χ1v) is 6.71. The van der Waals surface area contributed by atoms with Crippen molar-refractivity contribution in [1.82, 2.24) is 0 Å². The highest BCUT2D eigenvalue weighted by Crippen LogP contribution is 2.33. The van der Waals surface area contributed by atoms with Crippen molar-refractivity contribution in [2.45, 2.75) is 13.3 Å². The van der Waals surface area contributed by atoms with Crippen molar-refractivity contribution >= 4 is 15.9 Å². The van der Waals surface area contributed by atoms with E-state index < -0.39 is 0 Å². The van der Waals surface area contributed by atoms with E-state index in [1.54, 1.807) is 12.2 Å². The predicted molar refractivity (Wildman–Crippen MR) is 82.7 cm³/mol. The van der Waals surface area contributed by atoms with Gasteiger partial charge in [0.15, 0.2) is 0 Å². The molecule has 0 radical (unpaired) electrons. The summed E-state index contributed by atoms with van der Waals surface area (Å²) >= 11 is 3.49. The number of rotatable bonds is 7. The van der Waals surface area contributed by atoms with E-state index in [-0.39, 0.29) is 0 Å². The lowest BCUT2D eigenvalue weighted by molar-refractivity contribution is 0.341. The van der Waals surface area contributed by atoms with Crippen LogP contribution in [0, 0.1) is 11.8 Å². The highest BCUT2D eigenvalue weighted by Gasteiger charge is 2.09. The van der Waals surface area contributed by atoms with Gasteiger partial charge in [-0.2, -0.15) is 0 Å². The van der Waals surface area contributed by atoms with E-state index in [9.17, 15) is 0 Å². The molecule has 0 spiro atoms. The zero-order valence-corrected chi connectivity index (χ0v) is 12.6. The maximum absolute atomic E-state index is 5.65. The first kappa shape index (κ1) is 15.4. The van der Waals surface area contributed by atoms with Gasteiger partial charge in [0.2, 0.25) is 0 Å². The van der Waals surface area contributed by atoms with Crippen LogP contribution >= 0.6 is 15.9 Å². The maximum Gasteiger partial charge on any atom is 0.137 e. The molecule has 0 aromatic heterocycles. The van der Waals surface area contributed by atoms with Crippen LogP contribution in [-0.2, 0) is 6.42 Å². The van der Waals surface area contributed by atoms with Crippen LogP contribution in [-0.4, -0.2) is 13.2 Å². The summed E-state index contributed by atoms with van der Waals surface area (Å²) in [6, 6.07) is 3.84. The molecule has 2 nitrogen and oxygen atoms in total. The molecule has 0 amide bonds. The molecule has 1 rings (SSSR count). The third-order valence-electron chi connectivity index (χ3n) is 2.28. The molecule has 1 aromatic rings. The van der Waals surface area contributed by atoms with Crippen LogP contribution in [0.25, 0.3) is 0 Å². The second kappa shape index (κ2) is 8.44. The van der Waals surface area contributed by atoms with Gasteiger partial charge >= 0.3 is 0 Å². The first-order chi connectivity index (χ1) is 9.22. The van der Waals surface area contributed by atoms with E-state index in [0.717, 1.165) is 21.5 Å². The van der Waals surface area contributed by atoms with Gasteiger partial charge in [0.05, 0.1) is 4.47 Å². The fourth-order valence-corrected chi connectivity index (χ4v) is 1.95. The van der Waals surface area contributed by atoms with Gasteiger partial charge in [0.25, 0.3) is 0 Å². The summed E-state index contributed by atoms with van der Waals surface area (Å²) in [5, 5.41) is 0. The van der Waals surface area contributed by atoms with Gasteiger partial charge in [-0.3, -0.25) is 0 Å². The second-order valence-electron chi connectivity index (χ2n) is 3.69. The summed E-state index contributed by atoms with van der Waals surface area (Å²) in [6.07, 6.45) is 4.05. The molecule has 0 heterocycles. The maximum atomic E-state index is 5.65. The molecular formula is C16H17BrO2. The third kappa shape index (κ3) is 4.84. The Hall–Kier alpha value is -1.66. The van der Waals surface area contributed by atoms with Crippen molar-refractivity contribution in [3.8, 4) is 23.3 Å². The fraction of sp³-hybridized carbons (Fsp3) is 0.250. The van der Waals surface area contributed by atoms with E-state index in [1.165, 1.54) is 0 Å². The van der Waals surface area contributed by atoms with Crippen molar-refractivity contribution in [1.29, 1.82) is 0 Å². The molecule has 3 heteroatoms. The van der Waals surface area contributed by atoms with Gasteiger partial charge in [-0.15, -0.1) is 5.92 Å². The van der Waals surface area contributed by atoms with Crippen LogP contribution in [0.15, 0.2) is 41.9 Å². The molecule has 0 saturated carbocycles. The molecule has 0 bridgehead atoms. The molecule has 0 N–H and O–H groups in total. The van der Waals surface area contributed by atoms with Gasteiger partial charge in [0.1, 0.15) is 24.7 Å². The summed E-state index contributed by atoms with van der Waals surface area (Å²) < 4.78 is 12.1. The molecule has 0 aliphatic rings. The van der Waals surface area contributed by atoms with Gasteiger partial charge in [0, 0.05) is 18.1 Å². The summed E-state index contributed by atoms with van der Waals surface area (Å²) in [5.74, 6) is 7.42. The SMILES string of the molecule is C=CCOc1cc(OCC=C)c(CC#CC)cc1Br. The Balaban J connectivity index is 3.06. The van der Waals surface area contributed by atoms with E-state index in [1.807, 2.05) is 19.1 Å². The smallest absolute Gasteiger partial charge is 0.137 e. The van der Waals surface area contributed by atoms with Crippen LogP contribution in [0.4, 0.5) is 0 Å². The first-order valence-electron chi connectivity index (χ1n) is 5.92. The Labute approximate surface area is 123 Å². The number of hydrogen-bond donors (Lipinski definition) is 0. The van der Waals surface area contributed by atoms with Crippen molar-refractivity contribution in [3.05, 3.63) is 47.5 Å². The third-order valence-corrected chi connectivity index (χ3v) is 2.90. The zero-order chi connectivity index (χ0) is 14.1. The van der Waals surface area contributed by atoms with Gasteiger partial charge < -0.3 is 9.47 Å². The normalized spacial score (nSPS) is 9.16. The predicted octanol–water partition coefficient (Wildman–Crippen LogP) is 4.14. The minimum atomic E-state index is 0.452. The molecule has 0 unspecified atom stereocenters. The number of benzene rings is 1. The highest BCUT2D eigenvalue weighted by molar-refractivity contribution is 9.10. The monoisotopic (exact) mass is 320 g/mol. The summed E-state index contributed by atoms with van der Waals surface area (Å²) in [7, 11) is 0. The average Bonchev–Trinajstić information content (AvgIpc) is 2.42. The van der Waals surface area contributed by atoms with E-state index in [4.69, 9.17) is 9.47 Å². The fourth-order valence-electron chi connectivity index (χ4n) is 1.44. The number of hydrogen-bond acceptors (Lipinski definition) is 2. The molecule has 100 valence electrons. The Bertz CT molecular complexity index is 509. The van der Waals surface area contributed by atoms with E-state index >= 15 is 0 Å². The van der Waals surface area contributed by atoms with Crippen LogP contribution < -0.4 is 9.47 Å². The van der Waals surface area contributed by atoms with Crippen molar-refractivity contribution in [2.24, 2.45) is 0 Å². The summed E-state index contributed by atoms with van der Waals surface area (Å²) in [5.41, 5.74) is 1.02. The molecule has 0 fully saturated rings. The van der Waals surface area contributed by atoms with Crippen LogP contribution in [0.1, 0.15) is 12.5 Å². The molecule has 0 atom stereocenters. The lowest BCUT2D eigenvalue weighted by Gasteiger charge is -2.13. The topological polar surface area (TPSA) is 18.5 Å². The van der Waals surface area contributed by atoms with Crippen molar-refractivity contribution in [3.63, 3.8) is 0 Å². The summed E-state index contributed by atoms with van der Waals surface area (Å²) in [4.78, 5) is 0. The van der Waals surface area contributed by atoms with E-state index in [2.05, 4.69) is 40.9 Å². The summed E-state index contributed by atoms with van der Waals surface area (Å²) in [6.45, 7) is 10.0. The molecule has 0 aliphatic heterocycles. The van der Waals surface area contributed by atoms with Crippen molar-refractivity contribution < 1.29 is 9.47 Å². The minimum Gasteiger partial charge on any atom is -0.489 e. The Morgan fingerprint density at radius 3 is 2.37 bits per heavy atom. The highest BCUT2D eigenvalue weighted by atomic mass is 79.9. The van der Waals surface area contributed by atoms with Crippen LogP contribution in [0.5, 0.6) is 11.5 Å². The lowest BCUT2D eigenvalue weighted by Crippen LogP contribution is -2.00. The Kier molecular flexibility index (Phi) is 6.84. The van der Waals surface area contributed by atoms with E-state index in [0.29, 0.717) is 19.6 Å². The number of halogens is 1. The Morgan fingerprint density at radius 1 is 1.16 bits per heavy atom. The molecule has 1 aromatic carbocycles. The Morgan fingerprint density at radius 2 is 1.79 bits per heavy atom. The van der Waals surface area contributed by atoms with Crippen molar-refractivity contribution in [2.75, 3.05) is 13.2 Å². The minimum absolute atomic E-state index is 0.452. The zero-order valence-electron chi connectivity index (χ0n) is 11.0. The molecule has 0 saturated heterocycles. The molecule has 19 heavy (non-hydrogen) atoms. The average molecular weight is 321 g/mol. The van der Waals surface area contributed by atoms with Crippen LogP contribution in [0.2, 0.25) is 0 Å². The lowest BCUT2D eigenvalue weighted by atomic mass is 10.1. The van der Waals surface area contributed by atoms with Gasteiger partial charge in [-0.1, -0.05) is 31.2 Å². The van der Waals surface area contributed by atoms with Crippen LogP contribution in [0.3, 0.4) is 0 Å². The van der Waals surface area contributed by atoms with Gasteiger partial charge in [-0.25, -0.2) is 0 Å². The standard InChI is InChI=1S/C16H17BrO2/c1-4-7-8-13-11-14(17)16(19-10-6-3)12-15(13)18-9-5-2/h5-6,11-12H,2-3,8-10H2,1H3. The molecular weight excluding hydrogens is 304 g/mol. The largest absolute Gasteiger partial charge is 0.489 e. The quantitative estimate of drug-likeness (QED) is 0.555. The van der Waals surface area contributed by atoms with Gasteiger partial charge in [-0.05, 0) is 28.9 Å². The number of ether oxygens (including phenoxy) is 2.